The summed E-state index contributed by atoms with van der Waals surface area (Å²) >= 11 is 14.3. The molecule has 1 unspecified atom stereocenters. The maximum absolute atomic E-state index is 6.29. The molecule has 1 nitrogen and oxygen atoms in total. The first-order valence-corrected chi connectivity index (χ1v) is 8.94. The molecule has 2 aromatic carbocycles. The molecule has 0 aromatic heterocycles. The summed E-state index contributed by atoms with van der Waals surface area (Å²) in [4.78, 5) is 1.27. The molecule has 0 fully saturated rings. The predicted octanol–water partition coefficient (Wildman–Crippen LogP) is 5.61. The first kappa shape index (κ1) is 16.7. The fraction of sp³-hybridized carbons (Fsp3) is 0.294. The van der Waals surface area contributed by atoms with Gasteiger partial charge in [-0.25, -0.2) is 0 Å². The van der Waals surface area contributed by atoms with E-state index in [1.807, 2.05) is 18.2 Å². The van der Waals surface area contributed by atoms with E-state index in [1.165, 1.54) is 10.5 Å². The molecule has 2 aromatic rings. The van der Waals surface area contributed by atoms with Gasteiger partial charge in [0.1, 0.15) is 0 Å². The Bertz CT molecular complexity index is 564. The highest BCUT2D eigenvalue weighted by atomic mass is 35.5. The summed E-state index contributed by atoms with van der Waals surface area (Å²) in [5.74, 6) is 0. The summed E-state index contributed by atoms with van der Waals surface area (Å²) < 4.78 is 0. The Kier molecular flexibility index (Phi) is 6.43. The Labute approximate surface area is 141 Å². The normalized spacial score (nSPS) is 12.4. The molecular formula is C17H19Cl2NS. The Balaban J connectivity index is 2.26. The van der Waals surface area contributed by atoms with Crippen molar-refractivity contribution in [2.75, 3.05) is 12.8 Å². The number of hydrogen-bond acceptors (Lipinski definition) is 2. The highest BCUT2D eigenvalue weighted by Gasteiger charge is 2.15. The average Bonchev–Trinajstić information content (AvgIpc) is 2.50. The van der Waals surface area contributed by atoms with Crippen LogP contribution in [0.25, 0.3) is 0 Å². The average molecular weight is 340 g/mol. The second kappa shape index (κ2) is 8.09. The fourth-order valence-electron chi connectivity index (χ4n) is 2.32. The Morgan fingerprint density at radius 1 is 1.05 bits per heavy atom. The lowest BCUT2D eigenvalue weighted by atomic mass is 9.98. The lowest BCUT2D eigenvalue weighted by molar-refractivity contribution is 0.549. The van der Waals surface area contributed by atoms with E-state index < -0.39 is 0 Å². The van der Waals surface area contributed by atoms with Gasteiger partial charge < -0.3 is 5.32 Å². The lowest BCUT2D eigenvalue weighted by Gasteiger charge is -2.20. The van der Waals surface area contributed by atoms with E-state index in [0.29, 0.717) is 0 Å². The van der Waals surface area contributed by atoms with Crippen molar-refractivity contribution in [3.63, 3.8) is 0 Å². The van der Waals surface area contributed by atoms with E-state index in [4.69, 9.17) is 23.2 Å². The van der Waals surface area contributed by atoms with Crippen LogP contribution in [0.5, 0.6) is 0 Å². The Morgan fingerprint density at radius 3 is 2.19 bits per heavy atom. The molecule has 0 aliphatic carbocycles. The molecule has 4 heteroatoms. The summed E-state index contributed by atoms with van der Waals surface area (Å²) in [7, 11) is 0. The van der Waals surface area contributed by atoms with Gasteiger partial charge in [0.25, 0.3) is 0 Å². The minimum absolute atomic E-state index is 0.211. The molecule has 112 valence electrons. The first-order valence-electron chi connectivity index (χ1n) is 6.96. The van der Waals surface area contributed by atoms with Crippen molar-refractivity contribution < 1.29 is 0 Å². The summed E-state index contributed by atoms with van der Waals surface area (Å²) in [6.45, 7) is 3.01. The molecule has 1 N–H and O–H groups in total. The predicted molar refractivity (Wildman–Crippen MR) is 94.8 cm³/mol. The monoisotopic (exact) mass is 339 g/mol. The van der Waals surface area contributed by atoms with Crippen molar-refractivity contribution in [3.05, 3.63) is 63.6 Å². The summed E-state index contributed by atoms with van der Waals surface area (Å²) in [5.41, 5.74) is 2.26. The number of hydrogen-bond donors (Lipinski definition) is 1. The van der Waals surface area contributed by atoms with Crippen LogP contribution in [0, 0.1) is 0 Å². The van der Waals surface area contributed by atoms with Crippen molar-refractivity contribution in [2.45, 2.75) is 24.3 Å². The molecular weight excluding hydrogens is 321 g/mol. The van der Waals surface area contributed by atoms with Crippen molar-refractivity contribution in [3.8, 4) is 0 Å². The molecule has 1 atom stereocenters. The van der Waals surface area contributed by atoms with Gasteiger partial charge in [0.05, 0.1) is 0 Å². The maximum atomic E-state index is 6.29. The number of rotatable bonds is 6. The van der Waals surface area contributed by atoms with Crippen LogP contribution in [0.4, 0.5) is 0 Å². The molecule has 0 spiro atoms. The van der Waals surface area contributed by atoms with E-state index in [2.05, 4.69) is 42.8 Å². The first-order chi connectivity index (χ1) is 10.2. The molecule has 0 saturated carbocycles. The zero-order chi connectivity index (χ0) is 15.2. The van der Waals surface area contributed by atoms with Crippen molar-refractivity contribution >= 4 is 35.0 Å². The standard InChI is InChI=1S/C17H19Cl2NS/c1-3-20-17(12-7-9-13(21-2)10-8-12)11-14-15(18)5-4-6-16(14)19/h4-10,17,20H,3,11H2,1-2H3. The molecule has 2 rings (SSSR count). The van der Waals surface area contributed by atoms with E-state index in [9.17, 15) is 0 Å². The Hall–Kier alpha value is -0.670. The number of likely N-dealkylation sites (N-methyl/N-ethyl adjacent to an activating group) is 1. The molecule has 0 heterocycles. The van der Waals surface area contributed by atoms with Gasteiger partial charge in [-0.1, -0.05) is 48.3 Å². The molecule has 21 heavy (non-hydrogen) atoms. The highest BCUT2D eigenvalue weighted by Crippen LogP contribution is 2.30. The SMILES string of the molecule is CCNC(Cc1c(Cl)cccc1Cl)c1ccc(SC)cc1. The maximum Gasteiger partial charge on any atom is 0.0453 e. The minimum Gasteiger partial charge on any atom is -0.310 e. The second-order valence-corrected chi connectivity index (χ2v) is 6.48. The summed E-state index contributed by atoms with van der Waals surface area (Å²) in [6.07, 6.45) is 2.87. The lowest BCUT2D eigenvalue weighted by Crippen LogP contribution is -2.23. The van der Waals surface area contributed by atoms with Gasteiger partial charge in [-0.2, -0.15) is 0 Å². The van der Waals surface area contributed by atoms with Gasteiger partial charge in [0, 0.05) is 21.0 Å². The van der Waals surface area contributed by atoms with Crippen LogP contribution in [0.2, 0.25) is 10.0 Å². The molecule has 0 aliphatic heterocycles. The van der Waals surface area contributed by atoms with Crippen LogP contribution in [-0.2, 0) is 6.42 Å². The van der Waals surface area contributed by atoms with Crippen molar-refractivity contribution in [1.29, 1.82) is 0 Å². The largest absolute Gasteiger partial charge is 0.310 e. The van der Waals surface area contributed by atoms with Gasteiger partial charge in [-0.3, -0.25) is 0 Å². The molecule has 0 bridgehead atoms. The zero-order valence-corrected chi connectivity index (χ0v) is 14.5. The third-order valence-electron chi connectivity index (χ3n) is 3.44. The topological polar surface area (TPSA) is 12.0 Å². The number of benzene rings is 2. The highest BCUT2D eigenvalue weighted by molar-refractivity contribution is 7.98. The van der Waals surface area contributed by atoms with E-state index in [1.54, 1.807) is 11.8 Å². The van der Waals surface area contributed by atoms with Crippen molar-refractivity contribution in [2.24, 2.45) is 0 Å². The molecule has 0 aliphatic rings. The fourth-order valence-corrected chi connectivity index (χ4v) is 3.28. The Morgan fingerprint density at radius 2 is 1.67 bits per heavy atom. The minimum atomic E-state index is 0.211. The zero-order valence-electron chi connectivity index (χ0n) is 12.2. The number of nitrogens with one attached hydrogen (secondary N) is 1. The number of halogens is 2. The van der Waals surface area contributed by atoms with Gasteiger partial charge in [0.2, 0.25) is 0 Å². The molecule has 0 amide bonds. The number of thioether (sulfide) groups is 1. The molecule has 0 radical (unpaired) electrons. The van der Waals surface area contributed by atoms with Crippen LogP contribution in [0.1, 0.15) is 24.1 Å². The van der Waals surface area contributed by atoms with Gasteiger partial charge >= 0.3 is 0 Å². The van der Waals surface area contributed by atoms with Crippen LogP contribution >= 0.6 is 35.0 Å². The van der Waals surface area contributed by atoms with Gasteiger partial charge in [-0.15, -0.1) is 11.8 Å². The van der Waals surface area contributed by atoms with Gasteiger partial charge in [0.15, 0.2) is 0 Å². The summed E-state index contributed by atoms with van der Waals surface area (Å²) in [5, 5.41) is 4.97. The van der Waals surface area contributed by atoms with Crippen LogP contribution < -0.4 is 5.32 Å². The summed E-state index contributed by atoms with van der Waals surface area (Å²) in [6, 6.07) is 14.5. The third kappa shape index (κ3) is 4.40. The smallest absolute Gasteiger partial charge is 0.0453 e. The van der Waals surface area contributed by atoms with E-state index >= 15 is 0 Å². The second-order valence-electron chi connectivity index (χ2n) is 4.79. The third-order valence-corrected chi connectivity index (χ3v) is 4.89. The molecule has 0 saturated heterocycles. The van der Waals surface area contributed by atoms with Crippen LogP contribution in [0.15, 0.2) is 47.4 Å². The van der Waals surface area contributed by atoms with E-state index in [-0.39, 0.29) is 6.04 Å². The van der Waals surface area contributed by atoms with Crippen molar-refractivity contribution in [1.82, 2.24) is 5.32 Å². The van der Waals surface area contributed by atoms with Gasteiger partial charge in [-0.05, 0) is 54.6 Å². The van der Waals surface area contributed by atoms with Crippen LogP contribution in [-0.4, -0.2) is 12.8 Å². The quantitative estimate of drug-likeness (QED) is 0.686. The van der Waals surface area contributed by atoms with Crippen LogP contribution in [0.3, 0.4) is 0 Å². The van der Waals surface area contributed by atoms with E-state index in [0.717, 1.165) is 28.6 Å².